The molecule has 1 rings (SSSR count). The number of carbonyl (C=O) groups excluding carboxylic acids is 1. The van der Waals surface area contributed by atoms with Crippen LogP contribution in [0.25, 0.3) is 0 Å². The number of rotatable bonds is 6. The molecule has 0 amide bonds. The van der Waals surface area contributed by atoms with Crippen LogP contribution in [0.4, 0.5) is 0 Å². The molecule has 0 aromatic rings. The molecule has 2 nitrogen and oxygen atoms in total. The quantitative estimate of drug-likeness (QED) is 0.402. The molecule has 1 fully saturated rings. The van der Waals surface area contributed by atoms with E-state index >= 15 is 0 Å². The summed E-state index contributed by atoms with van der Waals surface area (Å²) >= 11 is 0. The van der Waals surface area contributed by atoms with Crippen LogP contribution < -0.4 is 0 Å². The Labute approximate surface area is 117 Å². The first-order chi connectivity index (χ1) is 9.17. The molecule has 0 radical (unpaired) electrons. The van der Waals surface area contributed by atoms with E-state index in [2.05, 4.69) is 6.92 Å². The molecule has 0 atom stereocenters. The van der Waals surface area contributed by atoms with E-state index in [4.69, 9.17) is 4.74 Å². The van der Waals surface area contributed by atoms with Gasteiger partial charge in [0.25, 0.3) is 0 Å². The fourth-order valence-corrected chi connectivity index (χ4v) is 2.40. The number of hydrogen-bond donors (Lipinski definition) is 0. The highest BCUT2D eigenvalue weighted by molar-refractivity contribution is 5.92. The highest BCUT2D eigenvalue weighted by Gasteiger charge is 2.22. The number of hydrogen-bond acceptors (Lipinski definition) is 2. The van der Waals surface area contributed by atoms with Gasteiger partial charge in [-0.15, -0.1) is 0 Å². The van der Waals surface area contributed by atoms with Gasteiger partial charge in [-0.3, -0.25) is 4.79 Å². The summed E-state index contributed by atoms with van der Waals surface area (Å²) in [5.74, 6) is 2.08. The molecule has 1 aliphatic carbocycles. The standard InChI is InChI=1S/C17H26O2/c1-4-7-16(19-5-2)8-6-9-17(18)15-12-10-14(3)11-13-15/h4,6-9,14-15H,5,10-13H2,1-3H3/b7-4-,9-6+,16-8-. The maximum atomic E-state index is 12.0. The topological polar surface area (TPSA) is 26.3 Å². The third-order valence-corrected chi connectivity index (χ3v) is 3.58. The molecule has 2 heteroatoms. The highest BCUT2D eigenvalue weighted by atomic mass is 16.5. The van der Waals surface area contributed by atoms with Crippen LogP contribution in [-0.2, 0) is 9.53 Å². The first-order valence-electron chi connectivity index (χ1n) is 7.35. The molecule has 1 aliphatic rings. The first kappa shape index (κ1) is 15.7. The summed E-state index contributed by atoms with van der Waals surface area (Å²) in [5, 5.41) is 0. The molecule has 0 spiro atoms. The predicted octanol–water partition coefficient (Wildman–Crippen LogP) is 4.43. The number of carbonyl (C=O) groups is 1. The molecule has 19 heavy (non-hydrogen) atoms. The van der Waals surface area contributed by atoms with Gasteiger partial charge in [0.1, 0.15) is 5.76 Å². The number of ketones is 1. The molecule has 0 unspecified atom stereocenters. The van der Waals surface area contributed by atoms with Crippen LogP contribution in [0, 0.1) is 11.8 Å². The normalized spacial score (nSPS) is 25.1. The van der Waals surface area contributed by atoms with Gasteiger partial charge in [0.2, 0.25) is 0 Å². The summed E-state index contributed by atoms with van der Waals surface area (Å²) in [6.07, 6.45) is 13.6. The maximum Gasteiger partial charge on any atom is 0.158 e. The third-order valence-electron chi connectivity index (χ3n) is 3.58. The van der Waals surface area contributed by atoms with Gasteiger partial charge in [-0.25, -0.2) is 0 Å². The summed E-state index contributed by atoms with van der Waals surface area (Å²) < 4.78 is 5.44. The van der Waals surface area contributed by atoms with Crippen molar-refractivity contribution in [1.82, 2.24) is 0 Å². The zero-order valence-electron chi connectivity index (χ0n) is 12.4. The molecule has 0 N–H and O–H groups in total. The first-order valence-corrected chi connectivity index (χ1v) is 7.35. The number of ether oxygens (including phenoxy) is 1. The Morgan fingerprint density at radius 1 is 1.21 bits per heavy atom. The average Bonchev–Trinajstić information content (AvgIpc) is 2.40. The SMILES string of the molecule is C\C=C/C(=C/C=C/C(=O)C1CCC(C)CC1)OCC. The molecular formula is C17H26O2. The van der Waals surface area contributed by atoms with E-state index in [1.54, 1.807) is 6.08 Å². The lowest BCUT2D eigenvalue weighted by molar-refractivity contribution is -0.119. The fourth-order valence-electron chi connectivity index (χ4n) is 2.40. The van der Waals surface area contributed by atoms with Crippen molar-refractivity contribution in [3.8, 4) is 0 Å². The Kier molecular flexibility index (Phi) is 7.24. The molecule has 1 saturated carbocycles. The van der Waals surface area contributed by atoms with Gasteiger partial charge in [0.15, 0.2) is 5.78 Å². The van der Waals surface area contributed by atoms with Crippen molar-refractivity contribution in [2.24, 2.45) is 11.8 Å². The lowest BCUT2D eigenvalue weighted by Gasteiger charge is -2.23. The van der Waals surface area contributed by atoms with E-state index < -0.39 is 0 Å². The number of allylic oxidation sites excluding steroid dienone is 5. The van der Waals surface area contributed by atoms with Gasteiger partial charge in [-0.1, -0.05) is 31.9 Å². The summed E-state index contributed by atoms with van der Waals surface area (Å²) in [6.45, 7) is 6.81. The van der Waals surface area contributed by atoms with E-state index in [1.165, 1.54) is 12.8 Å². The van der Waals surface area contributed by atoms with Crippen molar-refractivity contribution < 1.29 is 9.53 Å². The molecule has 0 bridgehead atoms. The Morgan fingerprint density at radius 2 is 1.89 bits per heavy atom. The van der Waals surface area contributed by atoms with E-state index in [0.29, 0.717) is 6.61 Å². The molecule has 0 aromatic heterocycles. The van der Waals surface area contributed by atoms with Gasteiger partial charge in [0, 0.05) is 5.92 Å². The van der Waals surface area contributed by atoms with Crippen LogP contribution in [0.15, 0.2) is 36.1 Å². The molecule has 0 aromatic carbocycles. The monoisotopic (exact) mass is 262 g/mol. The Balaban J connectivity index is 2.50. The minimum atomic E-state index is 0.234. The smallest absolute Gasteiger partial charge is 0.158 e. The van der Waals surface area contributed by atoms with E-state index in [1.807, 2.05) is 38.2 Å². The van der Waals surface area contributed by atoms with Crippen molar-refractivity contribution in [1.29, 1.82) is 0 Å². The van der Waals surface area contributed by atoms with Gasteiger partial charge >= 0.3 is 0 Å². The van der Waals surface area contributed by atoms with Crippen LogP contribution in [0.3, 0.4) is 0 Å². The summed E-state index contributed by atoms with van der Waals surface area (Å²) in [4.78, 5) is 12.0. The highest BCUT2D eigenvalue weighted by Crippen LogP contribution is 2.28. The third kappa shape index (κ3) is 5.91. The van der Waals surface area contributed by atoms with Gasteiger partial charge < -0.3 is 4.74 Å². The Bertz CT molecular complexity index is 355. The van der Waals surface area contributed by atoms with Crippen LogP contribution in [-0.4, -0.2) is 12.4 Å². The second-order valence-corrected chi connectivity index (χ2v) is 5.22. The average molecular weight is 262 g/mol. The second-order valence-electron chi connectivity index (χ2n) is 5.22. The molecule has 0 heterocycles. The van der Waals surface area contributed by atoms with Gasteiger partial charge in [0.05, 0.1) is 6.61 Å². The van der Waals surface area contributed by atoms with E-state index in [9.17, 15) is 4.79 Å². The molecular weight excluding hydrogens is 236 g/mol. The molecule has 0 aliphatic heterocycles. The van der Waals surface area contributed by atoms with Crippen molar-refractivity contribution in [2.45, 2.75) is 46.5 Å². The zero-order valence-corrected chi connectivity index (χ0v) is 12.4. The van der Waals surface area contributed by atoms with Crippen molar-refractivity contribution >= 4 is 5.78 Å². The van der Waals surface area contributed by atoms with Crippen molar-refractivity contribution in [3.63, 3.8) is 0 Å². The van der Waals surface area contributed by atoms with Crippen LogP contribution in [0.5, 0.6) is 0 Å². The Hall–Kier alpha value is -1.31. The largest absolute Gasteiger partial charge is 0.494 e. The van der Waals surface area contributed by atoms with Gasteiger partial charge in [-0.05, 0) is 50.8 Å². The summed E-state index contributed by atoms with van der Waals surface area (Å²) in [5.41, 5.74) is 0. The fraction of sp³-hybridized carbons (Fsp3) is 0.588. The second kappa shape index (κ2) is 8.73. The lowest BCUT2D eigenvalue weighted by atomic mass is 9.81. The van der Waals surface area contributed by atoms with E-state index in [0.717, 1.165) is 24.5 Å². The van der Waals surface area contributed by atoms with Crippen LogP contribution >= 0.6 is 0 Å². The van der Waals surface area contributed by atoms with E-state index in [-0.39, 0.29) is 11.7 Å². The lowest BCUT2D eigenvalue weighted by Crippen LogP contribution is -2.19. The summed E-state index contributed by atoms with van der Waals surface area (Å²) in [6, 6.07) is 0. The molecule has 106 valence electrons. The minimum Gasteiger partial charge on any atom is -0.494 e. The summed E-state index contributed by atoms with van der Waals surface area (Å²) in [7, 11) is 0. The van der Waals surface area contributed by atoms with Crippen LogP contribution in [0.2, 0.25) is 0 Å². The Morgan fingerprint density at radius 3 is 2.47 bits per heavy atom. The van der Waals surface area contributed by atoms with Crippen molar-refractivity contribution in [2.75, 3.05) is 6.61 Å². The van der Waals surface area contributed by atoms with Gasteiger partial charge in [-0.2, -0.15) is 0 Å². The predicted molar refractivity (Wildman–Crippen MR) is 79.8 cm³/mol. The van der Waals surface area contributed by atoms with Crippen molar-refractivity contribution in [3.05, 3.63) is 36.1 Å². The molecule has 0 saturated heterocycles. The maximum absolute atomic E-state index is 12.0. The minimum absolute atomic E-state index is 0.234. The zero-order chi connectivity index (χ0) is 14.1. The van der Waals surface area contributed by atoms with Crippen LogP contribution in [0.1, 0.15) is 46.5 Å².